The molecule has 2 nitrogen and oxygen atoms in total. The largest absolute Gasteiger partial charge is 0.416 e. The molecule has 2 rings (SSSR count). The molecule has 0 radical (unpaired) electrons. The van der Waals surface area contributed by atoms with E-state index in [2.05, 4.69) is 10.3 Å². The molecule has 1 heterocycles. The van der Waals surface area contributed by atoms with Crippen LogP contribution in [0.4, 0.5) is 18.3 Å². The molecular weight excluding hydrogens is 273 g/mol. The number of thiazole rings is 1. The second-order valence-electron chi connectivity index (χ2n) is 4.21. The van der Waals surface area contributed by atoms with Crippen LogP contribution in [0.3, 0.4) is 0 Å². The summed E-state index contributed by atoms with van der Waals surface area (Å²) in [5.41, 5.74) is 1.13. The third-order valence-corrected chi connectivity index (χ3v) is 3.78. The molecule has 0 unspecified atom stereocenters. The lowest BCUT2D eigenvalue weighted by molar-refractivity contribution is -0.137. The van der Waals surface area contributed by atoms with Gasteiger partial charge in [-0.05, 0) is 31.5 Å². The molecule has 0 aliphatic carbocycles. The van der Waals surface area contributed by atoms with Gasteiger partial charge in [0.1, 0.15) is 0 Å². The van der Waals surface area contributed by atoms with Crippen molar-refractivity contribution in [1.29, 1.82) is 0 Å². The van der Waals surface area contributed by atoms with E-state index in [-0.39, 0.29) is 0 Å². The van der Waals surface area contributed by atoms with E-state index in [0.717, 1.165) is 33.4 Å². The van der Waals surface area contributed by atoms with Crippen molar-refractivity contribution in [2.45, 2.75) is 26.6 Å². The average Bonchev–Trinajstić information content (AvgIpc) is 2.66. The summed E-state index contributed by atoms with van der Waals surface area (Å²) in [6, 6.07) is 5.14. The maximum absolute atomic E-state index is 12.4. The Hall–Kier alpha value is -1.56. The van der Waals surface area contributed by atoms with Crippen molar-refractivity contribution in [1.82, 2.24) is 4.98 Å². The lowest BCUT2D eigenvalue weighted by Crippen LogP contribution is -2.05. The van der Waals surface area contributed by atoms with Gasteiger partial charge in [-0.2, -0.15) is 13.2 Å². The molecule has 6 heteroatoms. The fraction of sp³-hybridized carbons (Fsp3) is 0.308. The number of anilines is 1. The van der Waals surface area contributed by atoms with Crippen LogP contribution in [-0.4, -0.2) is 4.98 Å². The molecule has 0 bridgehead atoms. The van der Waals surface area contributed by atoms with Crippen molar-refractivity contribution in [3.63, 3.8) is 0 Å². The smallest absolute Gasteiger partial charge is 0.357 e. The van der Waals surface area contributed by atoms with E-state index in [9.17, 15) is 13.2 Å². The predicted octanol–water partition coefficient (Wildman–Crippen LogP) is 4.39. The Bertz CT molecular complexity index is 539. The highest BCUT2D eigenvalue weighted by Gasteiger charge is 2.29. The lowest BCUT2D eigenvalue weighted by Gasteiger charge is -2.08. The first kappa shape index (κ1) is 13.9. The number of nitrogens with one attached hydrogen (secondary N) is 1. The summed E-state index contributed by atoms with van der Waals surface area (Å²) < 4.78 is 37.2. The summed E-state index contributed by atoms with van der Waals surface area (Å²) in [7, 11) is 0. The van der Waals surface area contributed by atoms with E-state index in [1.54, 1.807) is 0 Å². The lowest BCUT2D eigenvalue weighted by atomic mass is 10.1. The Kier molecular flexibility index (Phi) is 3.80. The van der Waals surface area contributed by atoms with Crippen LogP contribution in [0.15, 0.2) is 24.3 Å². The molecule has 1 N–H and O–H groups in total. The monoisotopic (exact) mass is 286 g/mol. The molecule has 0 aliphatic rings. The van der Waals surface area contributed by atoms with E-state index < -0.39 is 11.7 Å². The molecular formula is C13H13F3N2S. The topological polar surface area (TPSA) is 24.9 Å². The van der Waals surface area contributed by atoms with Crippen LogP contribution < -0.4 is 5.32 Å². The van der Waals surface area contributed by atoms with E-state index in [4.69, 9.17) is 0 Å². The van der Waals surface area contributed by atoms with Gasteiger partial charge in [-0.1, -0.05) is 12.1 Å². The molecule has 0 saturated carbocycles. The van der Waals surface area contributed by atoms with E-state index >= 15 is 0 Å². The zero-order valence-corrected chi connectivity index (χ0v) is 11.3. The zero-order valence-electron chi connectivity index (χ0n) is 10.5. The number of benzene rings is 1. The molecule has 1 aromatic carbocycles. The van der Waals surface area contributed by atoms with Gasteiger partial charge in [0.15, 0.2) is 5.13 Å². The number of hydrogen-bond donors (Lipinski definition) is 1. The SMILES string of the molecule is Cc1nc(NCc2ccc(C(F)(F)F)cc2)sc1C. The summed E-state index contributed by atoms with van der Waals surface area (Å²) >= 11 is 1.54. The molecule has 0 amide bonds. The van der Waals surface area contributed by atoms with Gasteiger partial charge in [-0.15, -0.1) is 11.3 Å². The predicted molar refractivity (Wildman–Crippen MR) is 70.4 cm³/mol. The molecule has 0 aliphatic heterocycles. The van der Waals surface area contributed by atoms with Gasteiger partial charge in [0.25, 0.3) is 0 Å². The highest BCUT2D eigenvalue weighted by atomic mass is 32.1. The van der Waals surface area contributed by atoms with Crippen molar-refractivity contribution < 1.29 is 13.2 Å². The van der Waals surface area contributed by atoms with Crippen molar-refractivity contribution in [2.24, 2.45) is 0 Å². The van der Waals surface area contributed by atoms with Crippen molar-refractivity contribution >= 4 is 16.5 Å². The molecule has 0 atom stereocenters. The van der Waals surface area contributed by atoms with Gasteiger partial charge in [0, 0.05) is 11.4 Å². The minimum atomic E-state index is -4.28. The normalized spacial score (nSPS) is 11.6. The number of rotatable bonds is 3. The second-order valence-corrected chi connectivity index (χ2v) is 5.41. The van der Waals surface area contributed by atoms with Crippen LogP contribution in [0.2, 0.25) is 0 Å². The highest BCUT2D eigenvalue weighted by Crippen LogP contribution is 2.29. The van der Waals surface area contributed by atoms with Crippen molar-refractivity contribution in [3.05, 3.63) is 46.0 Å². The van der Waals surface area contributed by atoms with Crippen LogP contribution >= 0.6 is 11.3 Å². The molecule has 0 saturated heterocycles. The number of nitrogens with zero attached hydrogens (tertiary/aromatic N) is 1. The van der Waals surface area contributed by atoms with Gasteiger partial charge in [-0.25, -0.2) is 4.98 Å². The zero-order chi connectivity index (χ0) is 14.0. The van der Waals surface area contributed by atoms with E-state index in [1.165, 1.54) is 23.5 Å². The third kappa shape index (κ3) is 3.47. The number of halogens is 3. The Morgan fingerprint density at radius 2 is 1.79 bits per heavy atom. The molecule has 2 aromatic rings. The Morgan fingerprint density at radius 1 is 1.16 bits per heavy atom. The van der Waals surface area contributed by atoms with Crippen molar-refractivity contribution in [3.8, 4) is 0 Å². The summed E-state index contributed by atoms with van der Waals surface area (Å²) in [4.78, 5) is 5.44. The van der Waals surface area contributed by atoms with Gasteiger partial charge < -0.3 is 5.32 Å². The number of aromatic nitrogens is 1. The Labute approximate surface area is 113 Å². The second kappa shape index (κ2) is 5.21. The summed E-state index contributed by atoms with van der Waals surface area (Å²) in [5.74, 6) is 0. The highest BCUT2D eigenvalue weighted by molar-refractivity contribution is 7.15. The van der Waals surface area contributed by atoms with E-state index in [0.29, 0.717) is 6.54 Å². The molecule has 0 spiro atoms. The van der Waals surface area contributed by atoms with Gasteiger partial charge in [0.2, 0.25) is 0 Å². The Balaban J connectivity index is 2.00. The molecule has 19 heavy (non-hydrogen) atoms. The van der Waals surface area contributed by atoms with Crippen molar-refractivity contribution in [2.75, 3.05) is 5.32 Å². The van der Waals surface area contributed by atoms with Crippen LogP contribution in [0.1, 0.15) is 21.7 Å². The standard InChI is InChI=1S/C13H13F3N2S/c1-8-9(2)19-12(18-8)17-7-10-3-5-11(6-4-10)13(14,15)16/h3-6H,7H2,1-2H3,(H,17,18). The first-order valence-corrected chi connectivity index (χ1v) is 6.52. The minimum Gasteiger partial charge on any atom is -0.357 e. The maximum atomic E-state index is 12.4. The maximum Gasteiger partial charge on any atom is 0.416 e. The van der Waals surface area contributed by atoms with Crippen LogP contribution in [0.5, 0.6) is 0 Å². The fourth-order valence-electron chi connectivity index (χ4n) is 1.54. The van der Waals surface area contributed by atoms with Gasteiger partial charge in [0.05, 0.1) is 11.3 Å². The molecule has 102 valence electrons. The van der Waals surface area contributed by atoms with Crippen LogP contribution in [-0.2, 0) is 12.7 Å². The summed E-state index contributed by atoms with van der Waals surface area (Å²) in [6.45, 7) is 4.37. The fourth-order valence-corrected chi connectivity index (χ4v) is 2.35. The van der Waals surface area contributed by atoms with Crippen LogP contribution in [0, 0.1) is 13.8 Å². The molecule has 0 fully saturated rings. The van der Waals surface area contributed by atoms with Gasteiger partial charge in [-0.3, -0.25) is 0 Å². The number of hydrogen-bond acceptors (Lipinski definition) is 3. The number of alkyl halides is 3. The first-order chi connectivity index (χ1) is 8.86. The van der Waals surface area contributed by atoms with Gasteiger partial charge >= 0.3 is 6.18 Å². The number of aryl methyl sites for hydroxylation is 2. The summed E-state index contributed by atoms with van der Waals surface area (Å²) in [6.07, 6.45) is -4.28. The minimum absolute atomic E-state index is 0.463. The molecule has 1 aromatic heterocycles. The first-order valence-electron chi connectivity index (χ1n) is 5.70. The Morgan fingerprint density at radius 3 is 2.26 bits per heavy atom. The summed E-state index contributed by atoms with van der Waals surface area (Å²) in [5, 5.41) is 3.89. The average molecular weight is 286 g/mol. The quantitative estimate of drug-likeness (QED) is 0.905. The third-order valence-electron chi connectivity index (χ3n) is 2.75. The van der Waals surface area contributed by atoms with Crippen LogP contribution in [0.25, 0.3) is 0 Å². The van der Waals surface area contributed by atoms with E-state index in [1.807, 2.05) is 13.8 Å².